The zero-order valence-corrected chi connectivity index (χ0v) is 14.6. The minimum atomic E-state index is -1.27. The molecule has 2 aromatic heterocycles. The lowest BCUT2D eigenvalue weighted by Crippen LogP contribution is -2.28. The predicted octanol–water partition coefficient (Wildman–Crippen LogP) is 3.15. The zero-order chi connectivity index (χ0) is 18.5. The van der Waals surface area contributed by atoms with Crippen LogP contribution in [0.5, 0.6) is 0 Å². The van der Waals surface area contributed by atoms with Crippen LogP contribution in [0.3, 0.4) is 0 Å². The van der Waals surface area contributed by atoms with Crippen molar-refractivity contribution >= 4 is 11.8 Å². The van der Waals surface area contributed by atoms with Crippen LogP contribution < -0.4 is 5.56 Å². The molecular weight excluding hydrogens is 332 g/mol. The number of Topliss-reactive ketones (excluding diaryl/α,β-unsaturated/α-hetero) is 1. The van der Waals surface area contributed by atoms with Crippen molar-refractivity contribution in [1.29, 1.82) is 0 Å². The molecule has 1 aliphatic rings. The maximum Gasteiger partial charge on any atom is 0.341 e. The molecule has 0 aromatic carbocycles. The number of aromatic carboxylic acids is 1. The van der Waals surface area contributed by atoms with E-state index in [1.807, 2.05) is 0 Å². The van der Waals surface area contributed by atoms with E-state index in [1.54, 1.807) is 30.7 Å². The van der Waals surface area contributed by atoms with Gasteiger partial charge in [0.05, 0.1) is 0 Å². The largest absolute Gasteiger partial charge is 0.477 e. The van der Waals surface area contributed by atoms with Gasteiger partial charge in [-0.15, -0.1) is 0 Å². The average Bonchev–Trinajstić information content (AvgIpc) is 2.68. The number of carbonyl (C=O) groups is 2. The fourth-order valence-electron chi connectivity index (χ4n) is 3.52. The number of carbonyl (C=O) groups excluding carboxylic acids is 1. The van der Waals surface area contributed by atoms with Gasteiger partial charge < -0.3 is 9.67 Å². The summed E-state index contributed by atoms with van der Waals surface area (Å²) in [4.78, 5) is 40.3. The quantitative estimate of drug-likeness (QED) is 0.861. The van der Waals surface area contributed by atoms with Gasteiger partial charge in [-0.25, -0.2) is 4.79 Å². The van der Waals surface area contributed by atoms with E-state index in [0.717, 1.165) is 31.2 Å². The number of nitrogens with zero attached hydrogens (tertiary/aromatic N) is 2. The lowest BCUT2D eigenvalue weighted by molar-refractivity contribution is -0.124. The third kappa shape index (κ3) is 4.07. The van der Waals surface area contributed by atoms with Gasteiger partial charge in [-0.05, 0) is 42.2 Å². The van der Waals surface area contributed by atoms with Crippen molar-refractivity contribution in [2.75, 3.05) is 0 Å². The molecule has 1 N–H and O–H groups in total. The number of pyridine rings is 2. The van der Waals surface area contributed by atoms with Crippen LogP contribution in [-0.2, 0) is 11.3 Å². The Balaban J connectivity index is 1.85. The number of carboxylic acids is 1. The van der Waals surface area contributed by atoms with Crippen LogP contribution in [0.4, 0.5) is 0 Å². The third-order valence-corrected chi connectivity index (χ3v) is 4.99. The predicted molar refractivity (Wildman–Crippen MR) is 97.1 cm³/mol. The van der Waals surface area contributed by atoms with E-state index in [4.69, 9.17) is 0 Å². The van der Waals surface area contributed by atoms with Gasteiger partial charge >= 0.3 is 5.97 Å². The van der Waals surface area contributed by atoms with Crippen molar-refractivity contribution in [1.82, 2.24) is 9.55 Å². The number of aryl methyl sites for hydroxylation is 1. The van der Waals surface area contributed by atoms with Crippen LogP contribution in [0.1, 0.15) is 48.9 Å². The SMILES string of the molecule is O=C(O)c1cc(-c2ccncc2)cn(CCC(=O)C2CCCCC2)c1=O. The summed E-state index contributed by atoms with van der Waals surface area (Å²) in [6.07, 6.45) is 10.3. The minimum absolute atomic E-state index is 0.0850. The van der Waals surface area contributed by atoms with Crippen molar-refractivity contribution in [3.8, 4) is 11.1 Å². The second-order valence-electron chi connectivity index (χ2n) is 6.73. The molecule has 0 bridgehead atoms. The maximum atomic E-state index is 12.4. The fraction of sp³-hybridized carbons (Fsp3) is 0.400. The van der Waals surface area contributed by atoms with Crippen LogP contribution in [-0.4, -0.2) is 26.4 Å². The van der Waals surface area contributed by atoms with Gasteiger partial charge in [-0.1, -0.05) is 19.3 Å². The smallest absolute Gasteiger partial charge is 0.341 e. The zero-order valence-electron chi connectivity index (χ0n) is 14.6. The highest BCUT2D eigenvalue weighted by atomic mass is 16.4. The summed E-state index contributed by atoms with van der Waals surface area (Å²) in [6.45, 7) is 0.202. The van der Waals surface area contributed by atoms with Crippen molar-refractivity contribution in [2.45, 2.75) is 45.1 Å². The minimum Gasteiger partial charge on any atom is -0.477 e. The van der Waals surface area contributed by atoms with Gasteiger partial charge in [0.1, 0.15) is 11.3 Å². The lowest BCUT2D eigenvalue weighted by Gasteiger charge is -2.20. The Morgan fingerprint density at radius 1 is 1.12 bits per heavy atom. The van der Waals surface area contributed by atoms with Gasteiger partial charge in [-0.3, -0.25) is 14.6 Å². The highest BCUT2D eigenvalue weighted by Gasteiger charge is 2.21. The van der Waals surface area contributed by atoms with Crippen molar-refractivity contribution < 1.29 is 14.7 Å². The molecule has 1 fully saturated rings. The van der Waals surface area contributed by atoms with Crippen molar-refractivity contribution in [3.05, 3.63) is 52.7 Å². The molecule has 0 radical (unpaired) electrons. The Morgan fingerprint density at radius 2 is 1.81 bits per heavy atom. The molecular formula is C20H22N2O4. The normalized spacial score (nSPS) is 14.9. The molecule has 0 amide bonds. The first-order valence-electron chi connectivity index (χ1n) is 8.97. The van der Waals surface area contributed by atoms with Crippen LogP contribution in [0.25, 0.3) is 11.1 Å². The van der Waals surface area contributed by atoms with E-state index in [9.17, 15) is 19.5 Å². The van der Waals surface area contributed by atoms with Gasteiger partial charge in [0.15, 0.2) is 0 Å². The van der Waals surface area contributed by atoms with E-state index < -0.39 is 11.5 Å². The molecule has 26 heavy (non-hydrogen) atoms. The van der Waals surface area contributed by atoms with Crippen LogP contribution in [0.15, 0.2) is 41.6 Å². The molecule has 0 aliphatic heterocycles. The Morgan fingerprint density at radius 3 is 2.46 bits per heavy atom. The Bertz CT molecular complexity index is 852. The van der Waals surface area contributed by atoms with Crippen molar-refractivity contribution in [2.24, 2.45) is 5.92 Å². The highest BCUT2D eigenvalue weighted by Crippen LogP contribution is 2.25. The van der Waals surface area contributed by atoms with E-state index in [-0.39, 0.29) is 30.2 Å². The van der Waals surface area contributed by atoms with E-state index in [1.165, 1.54) is 17.1 Å². The molecule has 136 valence electrons. The fourth-order valence-corrected chi connectivity index (χ4v) is 3.52. The van der Waals surface area contributed by atoms with Crippen LogP contribution in [0, 0.1) is 5.92 Å². The Kier molecular flexibility index (Phi) is 5.61. The number of hydrogen-bond acceptors (Lipinski definition) is 4. The summed E-state index contributed by atoms with van der Waals surface area (Å²) < 4.78 is 1.35. The summed E-state index contributed by atoms with van der Waals surface area (Å²) in [5, 5.41) is 9.35. The monoisotopic (exact) mass is 354 g/mol. The Labute approximate surface area is 151 Å². The molecule has 6 heteroatoms. The molecule has 6 nitrogen and oxygen atoms in total. The maximum absolute atomic E-state index is 12.4. The second kappa shape index (κ2) is 8.08. The van der Waals surface area contributed by atoms with Crippen molar-refractivity contribution in [3.63, 3.8) is 0 Å². The molecule has 0 atom stereocenters. The van der Waals surface area contributed by atoms with Gasteiger partial charge in [0, 0.05) is 37.5 Å². The Hall–Kier alpha value is -2.76. The van der Waals surface area contributed by atoms with Gasteiger partial charge in [0.25, 0.3) is 5.56 Å². The number of rotatable bonds is 6. The van der Waals surface area contributed by atoms with E-state index in [0.29, 0.717) is 5.56 Å². The molecule has 0 saturated heterocycles. The first-order valence-corrected chi connectivity index (χ1v) is 8.97. The summed E-state index contributed by atoms with van der Waals surface area (Å²) >= 11 is 0. The number of carboxylic acid groups (broad SMARTS) is 1. The topological polar surface area (TPSA) is 89.3 Å². The first-order chi connectivity index (χ1) is 12.6. The summed E-state index contributed by atoms with van der Waals surface area (Å²) in [7, 11) is 0. The summed E-state index contributed by atoms with van der Waals surface area (Å²) in [5.41, 5.74) is 0.528. The first kappa shape index (κ1) is 18.0. The standard InChI is InChI=1S/C20H22N2O4/c23-18(15-4-2-1-3-5-15)8-11-22-13-16(14-6-9-21-10-7-14)12-17(19(22)24)20(25)26/h6-7,9-10,12-13,15H,1-5,8,11H2,(H,25,26). The van der Waals surface area contributed by atoms with Crippen LogP contribution >= 0.6 is 0 Å². The molecule has 0 spiro atoms. The highest BCUT2D eigenvalue weighted by molar-refractivity contribution is 5.89. The molecule has 1 saturated carbocycles. The molecule has 2 aromatic rings. The molecule has 3 rings (SSSR count). The molecule has 2 heterocycles. The summed E-state index contributed by atoms with van der Waals surface area (Å²) in [6, 6.07) is 4.88. The summed E-state index contributed by atoms with van der Waals surface area (Å²) in [5.74, 6) is -1.01. The number of ketones is 1. The molecule has 0 unspecified atom stereocenters. The number of aromatic nitrogens is 2. The van der Waals surface area contributed by atoms with Gasteiger partial charge in [-0.2, -0.15) is 0 Å². The lowest BCUT2D eigenvalue weighted by atomic mass is 9.85. The number of hydrogen-bond donors (Lipinski definition) is 1. The average molecular weight is 354 g/mol. The van der Waals surface area contributed by atoms with Gasteiger partial charge in [0.2, 0.25) is 0 Å². The second-order valence-corrected chi connectivity index (χ2v) is 6.73. The van der Waals surface area contributed by atoms with Crippen LogP contribution in [0.2, 0.25) is 0 Å². The van der Waals surface area contributed by atoms with E-state index in [2.05, 4.69) is 4.98 Å². The van der Waals surface area contributed by atoms with E-state index >= 15 is 0 Å². The third-order valence-electron chi connectivity index (χ3n) is 4.99. The molecule has 1 aliphatic carbocycles.